The number of hydrogen-bond acceptors (Lipinski definition) is 5. The van der Waals surface area contributed by atoms with E-state index in [-0.39, 0.29) is 5.91 Å². The fourth-order valence-electron chi connectivity index (χ4n) is 3.12. The molecule has 1 aliphatic rings. The number of fused-ring (bicyclic) bond motifs is 1. The van der Waals surface area contributed by atoms with Crippen molar-refractivity contribution in [2.75, 3.05) is 37.3 Å². The Bertz CT molecular complexity index is 980. The number of thioether (sulfide) groups is 1. The van der Waals surface area contributed by atoms with Gasteiger partial charge in [0.2, 0.25) is 0 Å². The van der Waals surface area contributed by atoms with Crippen LogP contribution in [0.2, 0.25) is 10.0 Å². The minimum Gasteiger partial charge on any atom is -0.345 e. The van der Waals surface area contributed by atoms with E-state index in [9.17, 15) is 4.79 Å². The van der Waals surface area contributed by atoms with E-state index in [2.05, 4.69) is 29.4 Å². The monoisotopic (exact) mass is 437 g/mol. The molecule has 0 radical (unpaired) electrons. The summed E-state index contributed by atoms with van der Waals surface area (Å²) in [6.07, 6.45) is 2.08. The number of hydrogen-bond donors (Lipinski definition) is 0. The number of piperazine rings is 1. The SMILES string of the molecule is CSc1ccc2nc(N3CCN(C(=O)c4cc(Cl)cc(Cl)c4)CC3)sc2c1. The summed E-state index contributed by atoms with van der Waals surface area (Å²) in [6, 6.07) is 11.3. The molecular weight excluding hydrogens is 421 g/mol. The van der Waals surface area contributed by atoms with Crippen LogP contribution in [0.5, 0.6) is 0 Å². The maximum Gasteiger partial charge on any atom is 0.254 e. The summed E-state index contributed by atoms with van der Waals surface area (Å²) in [5.74, 6) is -0.0343. The van der Waals surface area contributed by atoms with Crippen LogP contribution >= 0.6 is 46.3 Å². The highest BCUT2D eigenvalue weighted by molar-refractivity contribution is 7.98. The molecule has 4 nitrogen and oxygen atoms in total. The average Bonchev–Trinajstić information content (AvgIpc) is 3.10. The smallest absolute Gasteiger partial charge is 0.254 e. The highest BCUT2D eigenvalue weighted by Crippen LogP contribution is 2.32. The van der Waals surface area contributed by atoms with Gasteiger partial charge in [-0.25, -0.2) is 4.98 Å². The number of halogens is 2. The zero-order chi connectivity index (χ0) is 19.0. The van der Waals surface area contributed by atoms with Gasteiger partial charge in [0.1, 0.15) is 0 Å². The Morgan fingerprint density at radius 1 is 1.07 bits per heavy atom. The van der Waals surface area contributed by atoms with Crippen LogP contribution in [0.1, 0.15) is 10.4 Å². The second-order valence-corrected chi connectivity index (χ2v) is 9.03. The number of rotatable bonds is 3. The number of carbonyl (C=O) groups excluding carboxylic acids is 1. The Balaban J connectivity index is 1.46. The van der Waals surface area contributed by atoms with Crippen LogP contribution in [0, 0.1) is 0 Å². The first-order valence-corrected chi connectivity index (χ1v) is 11.3. The lowest BCUT2D eigenvalue weighted by Gasteiger charge is -2.34. The second-order valence-electron chi connectivity index (χ2n) is 6.27. The van der Waals surface area contributed by atoms with Crippen molar-refractivity contribution >= 4 is 67.6 Å². The lowest BCUT2D eigenvalue weighted by molar-refractivity contribution is 0.0747. The van der Waals surface area contributed by atoms with Gasteiger partial charge < -0.3 is 9.80 Å². The van der Waals surface area contributed by atoms with Crippen LogP contribution in [0.3, 0.4) is 0 Å². The molecule has 0 spiro atoms. The first kappa shape index (κ1) is 18.9. The minimum absolute atomic E-state index is 0.0343. The van der Waals surface area contributed by atoms with Gasteiger partial charge in [-0.2, -0.15) is 0 Å². The first-order chi connectivity index (χ1) is 13.0. The van der Waals surface area contributed by atoms with Gasteiger partial charge in [-0.1, -0.05) is 34.5 Å². The average molecular weight is 438 g/mol. The zero-order valence-corrected chi connectivity index (χ0v) is 17.8. The topological polar surface area (TPSA) is 36.4 Å². The van der Waals surface area contributed by atoms with E-state index >= 15 is 0 Å². The molecule has 0 unspecified atom stereocenters. The maximum absolute atomic E-state index is 12.7. The zero-order valence-electron chi connectivity index (χ0n) is 14.6. The van der Waals surface area contributed by atoms with Crippen LogP contribution in [0.15, 0.2) is 41.3 Å². The molecule has 1 saturated heterocycles. The van der Waals surface area contributed by atoms with Crippen molar-refractivity contribution in [2.45, 2.75) is 4.90 Å². The molecule has 140 valence electrons. The summed E-state index contributed by atoms with van der Waals surface area (Å²) in [6.45, 7) is 2.81. The van der Waals surface area contributed by atoms with Gasteiger partial charge in [0, 0.05) is 46.7 Å². The summed E-state index contributed by atoms with van der Waals surface area (Å²) < 4.78 is 1.20. The number of amides is 1. The van der Waals surface area contributed by atoms with E-state index in [4.69, 9.17) is 28.2 Å². The fraction of sp³-hybridized carbons (Fsp3) is 0.263. The number of anilines is 1. The molecule has 27 heavy (non-hydrogen) atoms. The highest BCUT2D eigenvalue weighted by atomic mass is 35.5. The van der Waals surface area contributed by atoms with Gasteiger partial charge in [-0.15, -0.1) is 11.8 Å². The molecule has 1 aliphatic heterocycles. The molecule has 1 amide bonds. The van der Waals surface area contributed by atoms with Gasteiger partial charge >= 0.3 is 0 Å². The standard InChI is InChI=1S/C19H17Cl2N3OS2/c1-26-15-2-3-16-17(11-15)27-19(22-16)24-6-4-23(5-7-24)18(25)12-8-13(20)10-14(21)9-12/h2-3,8-11H,4-7H2,1H3. The van der Waals surface area contributed by atoms with Gasteiger partial charge in [-0.05, 0) is 42.7 Å². The summed E-state index contributed by atoms with van der Waals surface area (Å²) in [4.78, 5) is 22.8. The van der Waals surface area contributed by atoms with E-state index in [0.29, 0.717) is 28.7 Å². The molecular formula is C19H17Cl2N3OS2. The highest BCUT2D eigenvalue weighted by Gasteiger charge is 2.24. The van der Waals surface area contributed by atoms with Gasteiger partial charge in [-0.3, -0.25) is 4.79 Å². The van der Waals surface area contributed by atoms with Gasteiger partial charge in [0.25, 0.3) is 5.91 Å². The molecule has 0 atom stereocenters. The quantitative estimate of drug-likeness (QED) is 0.521. The molecule has 8 heteroatoms. The van der Waals surface area contributed by atoms with E-state index in [0.717, 1.165) is 23.7 Å². The van der Waals surface area contributed by atoms with E-state index in [1.165, 1.54) is 9.60 Å². The van der Waals surface area contributed by atoms with Crippen LogP contribution in [0.25, 0.3) is 10.2 Å². The van der Waals surface area contributed by atoms with Crippen molar-refractivity contribution in [2.24, 2.45) is 0 Å². The number of thiazole rings is 1. The van der Waals surface area contributed by atoms with Gasteiger partial charge in [0.05, 0.1) is 10.2 Å². The second kappa shape index (κ2) is 7.87. The minimum atomic E-state index is -0.0343. The Kier molecular flexibility index (Phi) is 5.50. The van der Waals surface area contributed by atoms with Crippen molar-refractivity contribution in [3.05, 3.63) is 52.0 Å². The number of nitrogens with zero attached hydrogens (tertiary/aromatic N) is 3. The van der Waals surface area contributed by atoms with Crippen molar-refractivity contribution < 1.29 is 4.79 Å². The van der Waals surface area contributed by atoms with Crippen LogP contribution < -0.4 is 4.90 Å². The molecule has 1 aromatic heterocycles. The molecule has 4 rings (SSSR count). The van der Waals surface area contributed by atoms with Crippen LogP contribution in [0.4, 0.5) is 5.13 Å². The molecule has 0 aliphatic carbocycles. The summed E-state index contributed by atoms with van der Waals surface area (Å²) in [5, 5.41) is 1.97. The fourth-order valence-corrected chi connectivity index (χ4v) is 5.21. The Morgan fingerprint density at radius 3 is 2.44 bits per heavy atom. The lowest BCUT2D eigenvalue weighted by Crippen LogP contribution is -2.48. The van der Waals surface area contributed by atoms with Crippen molar-refractivity contribution in [3.63, 3.8) is 0 Å². The Morgan fingerprint density at radius 2 is 1.78 bits per heavy atom. The molecule has 1 fully saturated rings. The van der Waals surface area contributed by atoms with Crippen LogP contribution in [-0.2, 0) is 0 Å². The summed E-state index contributed by atoms with van der Waals surface area (Å²) in [5.41, 5.74) is 1.56. The molecule has 0 saturated carbocycles. The van der Waals surface area contributed by atoms with E-state index in [1.54, 1.807) is 41.3 Å². The number of benzene rings is 2. The van der Waals surface area contributed by atoms with Crippen molar-refractivity contribution in [1.29, 1.82) is 0 Å². The number of aromatic nitrogens is 1. The third kappa shape index (κ3) is 4.04. The van der Waals surface area contributed by atoms with E-state index < -0.39 is 0 Å². The normalized spacial score (nSPS) is 14.8. The summed E-state index contributed by atoms with van der Waals surface area (Å²) in [7, 11) is 0. The van der Waals surface area contributed by atoms with Crippen molar-refractivity contribution in [3.8, 4) is 0 Å². The third-order valence-electron chi connectivity index (χ3n) is 4.53. The summed E-state index contributed by atoms with van der Waals surface area (Å²) >= 11 is 15.5. The third-order valence-corrected chi connectivity index (χ3v) is 6.77. The van der Waals surface area contributed by atoms with Gasteiger partial charge in [0.15, 0.2) is 5.13 Å². The molecule has 0 N–H and O–H groups in total. The molecule has 2 aromatic carbocycles. The Hall–Kier alpha value is -1.47. The molecule has 2 heterocycles. The first-order valence-electron chi connectivity index (χ1n) is 8.48. The van der Waals surface area contributed by atoms with Crippen LogP contribution in [-0.4, -0.2) is 48.2 Å². The maximum atomic E-state index is 12.7. The predicted octanol–water partition coefficient (Wildman–Crippen LogP) is 5.29. The van der Waals surface area contributed by atoms with Crippen molar-refractivity contribution in [1.82, 2.24) is 9.88 Å². The lowest BCUT2D eigenvalue weighted by atomic mass is 10.2. The molecule has 3 aromatic rings. The predicted molar refractivity (Wildman–Crippen MR) is 116 cm³/mol. The Labute approximate surface area is 176 Å². The van der Waals surface area contributed by atoms with E-state index in [1.807, 2.05) is 4.90 Å². The molecule has 0 bridgehead atoms. The number of carbonyl (C=O) groups is 1. The largest absolute Gasteiger partial charge is 0.345 e.